The van der Waals surface area contributed by atoms with Crippen molar-refractivity contribution in [2.24, 2.45) is 11.8 Å². The van der Waals surface area contributed by atoms with Gasteiger partial charge in [-0.25, -0.2) is 0 Å². The molecule has 0 saturated carbocycles. The standard InChI is InChI=1S/C19H28O5/c1-12(2)11-13(18(21)24-19(3,4)5)17(20)16-14(22-6)9-8-10-15(16)23-7/h8-10,12-13H,11H2,1-7H3. The number of ketones is 1. The van der Waals surface area contributed by atoms with Gasteiger partial charge in [-0.2, -0.15) is 0 Å². The number of esters is 1. The van der Waals surface area contributed by atoms with Gasteiger partial charge in [0.2, 0.25) is 0 Å². The number of hydrogen-bond donors (Lipinski definition) is 0. The Morgan fingerprint density at radius 1 is 1.04 bits per heavy atom. The summed E-state index contributed by atoms with van der Waals surface area (Å²) >= 11 is 0. The average Bonchev–Trinajstić information content (AvgIpc) is 2.49. The molecule has 0 spiro atoms. The number of benzene rings is 1. The predicted octanol–water partition coefficient (Wildman–Crippen LogP) is 3.89. The van der Waals surface area contributed by atoms with Crippen molar-refractivity contribution in [2.75, 3.05) is 14.2 Å². The molecule has 1 atom stereocenters. The molecule has 1 unspecified atom stereocenters. The lowest BCUT2D eigenvalue weighted by Crippen LogP contribution is -2.34. The second-order valence-electron chi connectivity index (χ2n) is 7.12. The van der Waals surface area contributed by atoms with Crippen LogP contribution in [0.5, 0.6) is 11.5 Å². The Hall–Kier alpha value is -2.04. The topological polar surface area (TPSA) is 61.8 Å². The van der Waals surface area contributed by atoms with E-state index < -0.39 is 17.5 Å². The molecule has 0 fully saturated rings. The van der Waals surface area contributed by atoms with E-state index >= 15 is 0 Å². The third kappa shape index (κ3) is 5.25. The summed E-state index contributed by atoms with van der Waals surface area (Å²) in [6.07, 6.45) is 0.398. The molecule has 0 bridgehead atoms. The molecule has 0 N–H and O–H groups in total. The van der Waals surface area contributed by atoms with Gasteiger partial charge in [0.05, 0.1) is 14.2 Å². The summed E-state index contributed by atoms with van der Waals surface area (Å²) in [4.78, 5) is 25.7. The minimum absolute atomic E-state index is 0.159. The molecule has 134 valence electrons. The van der Waals surface area contributed by atoms with E-state index in [0.717, 1.165) is 0 Å². The van der Waals surface area contributed by atoms with E-state index in [1.807, 2.05) is 13.8 Å². The third-order valence-electron chi connectivity index (χ3n) is 3.39. The van der Waals surface area contributed by atoms with E-state index in [-0.39, 0.29) is 17.3 Å². The van der Waals surface area contributed by atoms with Gasteiger partial charge in [-0.1, -0.05) is 19.9 Å². The third-order valence-corrected chi connectivity index (χ3v) is 3.39. The first-order chi connectivity index (χ1) is 11.1. The Labute approximate surface area is 144 Å². The summed E-state index contributed by atoms with van der Waals surface area (Å²) in [5, 5.41) is 0. The number of methoxy groups -OCH3 is 2. The van der Waals surface area contributed by atoms with Gasteiger partial charge in [0.15, 0.2) is 5.78 Å². The number of Topliss-reactive ketones (excluding diaryl/α,β-unsaturated/α-hetero) is 1. The molecule has 0 aliphatic carbocycles. The van der Waals surface area contributed by atoms with Crippen LogP contribution in [0.1, 0.15) is 51.4 Å². The first-order valence-electron chi connectivity index (χ1n) is 8.08. The van der Waals surface area contributed by atoms with Crippen LogP contribution in [-0.2, 0) is 9.53 Å². The summed E-state index contributed by atoms with van der Waals surface area (Å²) in [6, 6.07) is 5.09. The van der Waals surface area contributed by atoms with Gasteiger partial charge in [0, 0.05) is 0 Å². The highest BCUT2D eigenvalue weighted by Crippen LogP contribution is 2.33. The van der Waals surface area contributed by atoms with Crippen LogP contribution in [-0.4, -0.2) is 31.6 Å². The van der Waals surface area contributed by atoms with Gasteiger partial charge in [-0.3, -0.25) is 9.59 Å². The first kappa shape index (κ1) is 20.0. The van der Waals surface area contributed by atoms with E-state index in [9.17, 15) is 9.59 Å². The molecule has 24 heavy (non-hydrogen) atoms. The molecule has 5 heteroatoms. The van der Waals surface area contributed by atoms with Crippen LogP contribution in [0.25, 0.3) is 0 Å². The molecule has 0 aliphatic rings. The molecule has 0 saturated heterocycles. The molecule has 0 radical (unpaired) electrons. The van der Waals surface area contributed by atoms with Crippen LogP contribution in [0, 0.1) is 11.8 Å². The summed E-state index contributed by atoms with van der Waals surface area (Å²) in [7, 11) is 2.97. The molecule has 0 aliphatic heterocycles. The molecule has 1 aromatic carbocycles. The summed E-state index contributed by atoms with van der Waals surface area (Å²) in [5.41, 5.74) is -0.378. The van der Waals surface area contributed by atoms with Gasteiger partial charge >= 0.3 is 5.97 Å². The van der Waals surface area contributed by atoms with E-state index in [1.165, 1.54) is 14.2 Å². The highest BCUT2D eigenvalue weighted by molar-refractivity contribution is 6.11. The zero-order chi connectivity index (χ0) is 18.5. The Balaban J connectivity index is 3.29. The summed E-state index contributed by atoms with van der Waals surface area (Å²) < 4.78 is 16.0. The fourth-order valence-corrected chi connectivity index (χ4v) is 2.42. The molecular formula is C19H28O5. The highest BCUT2D eigenvalue weighted by atomic mass is 16.6. The van der Waals surface area contributed by atoms with Crippen molar-refractivity contribution in [1.82, 2.24) is 0 Å². The van der Waals surface area contributed by atoms with Crippen LogP contribution in [0.3, 0.4) is 0 Å². The van der Waals surface area contributed by atoms with Crippen molar-refractivity contribution in [1.29, 1.82) is 0 Å². The van der Waals surface area contributed by atoms with E-state index in [0.29, 0.717) is 17.9 Å². The van der Waals surface area contributed by atoms with E-state index in [4.69, 9.17) is 14.2 Å². The van der Waals surface area contributed by atoms with Crippen LogP contribution in [0.2, 0.25) is 0 Å². The molecule has 0 amide bonds. The smallest absolute Gasteiger partial charge is 0.317 e. The number of carbonyl (C=O) groups excluding carboxylic acids is 2. The molecule has 5 nitrogen and oxygen atoms in total. The predicted molar refractivity (Wildman–Crippen MR) is 92.7 cm³/mol. The van der Waals surface area contributed by atoms with Crippen LogP contribution >= 0.6 is 0 Å². The minimum atomic E-state index is -0.894. The minimum Gasteiger partial charge on any atom is -0.496 e. The molecular weight excluding hydrogens is 308 g/mol. The average molecular weight is 336 g/mol. The number of hydrogen-bond acceptors (Lipinski definition) is 5. The number of rotatable bonds is 7. The summed E-state index contributed by atoms with van der Waals surface area (Å²) in [5.74, 6) is -0.823. The van der Waals surface area contributed by atoms with Gasteiger partial charge in [0.1, 0.15) is 28.6 Å². The molecule has 0 aromatic heterocycles. The van der Waals surface area contributed by atoms with Gasteiger partial charge in [-0.05, 0) is 45.2 Å². The van der Waals surface area contributed by atoms with E-state index in [2.05, 4.69) is 0 Å². The molecule has 1 rings (SSSR count). The summed E-state index contributed by atoms with van der Waals surface area (Å²) in [6.45, 7) is 9.27. The van der Waals surface area contributed by atoms with Crippen molar-refractivity contribution in [3.8, 4) is 11.5 Å². The number of ether oxygens (including phenoxy) is 3. The molecule has 1 aromatic rings. The maximum absolute atomic E-state index is 13.1. The van der Waals surface area contributed by atoms with Gasteiger partial charge in [-0.15, -0.1) is 0 Å². The van der Waals surface area contributed by atoms with Crippen molar-refractivity contribution in [3.05, 3.63) is 23.8 Å². The monoisotopic (exact) mass is 336 g/mol. The van der Waals surface area contributed by atoms with Crippen LogP contribution in [0.4, 0.5) is 0 Å². The first-order valence-corrected chi connectivity index (χ1v) is 8.08. The lowest BCUT2D eigenvalue weighted by Gasteiger charge is -2.25. The quantitative estimate of drug-likeness (QED) is 0.429. The maximum atomic E-state index is 13.1. The van der Waals surface area contributed by atoms with Crippen molar-refractivity contribution in [3.63, 3.8) is 0 Å². The lowest BCUT2D eigenvalue weighted by molar-refractivity contribution is -0.158. The van der Waals surface area contributed by atoms with Crippen molar-refractivity contribution < 1.29 is 23.8 Å². The fraction of sp³-hybridized carbons (Fsp3) is 0.579. The van der Waals surface area contributed by atoms with E-state index in [1.54, 1.807) is 39.0 Å². The fourth-order valence-electron chi connectivity index (χ4n) is 2.42. The van der Waals surface area contributed by atoms with Crippen LogP contribution in [0.15, 0.2) is 18.2 Å². The molecule has 0 heterocycles. The number of carbonyl (C=O) groups is 2. The van der Waals surface area contributed by atoms with Gasteiger partial charge < -0.3 is 14.2 Å². The Morgan fingerprint density at radius 2 is 1.54 bits per heavy atom. The SMILES string of the molecule is COc1cccc(OC)c1C(=O)C(CC(C)C)C(=O)OC(C)(C)C. The Bertz CT molecular complexity index is 562. The highest BCUT2D eigenvalue weighted by Gasteiger charge is 2.35. The van der Waals surface area contributed by atoms with Crippen LogP contribution < -0.4 is 9.47 Å². The Morgan fingerprint density at radius 3 is 1.92 bits per heavy atom. The zero-order valence-electron chi connectivity index (χ0n) is 15.6. The maximum Gasteiger partial charge on any atom is 0.317 e. The zero-order valence-corrected chi connectivity index (χ0v) is 15.6. The second-order valence-corrected chi connectivity index (χ2v) is 7.12. The van der Waals surface area contributed by atoms with Crippen molar-refractivity contribution in [2.45, 2.75) is 46.6 Å². The Kier molecular flexibility index (Phi) is 6.81. The van der Waals surface area contributed by atoms with Gasteiger partial charge in [0.25, 0.3) is 0 Å². The normalized spacial score (nSPS) is 12.7. The van der Waals surface area contributed by atoms with Crippen molar-refractivity contribution >= 4 is 11.8 Å². The lowest BCUT2D eigenvalue weighted by atomic mass is 9.88. The largest absolute Gasteiger partial charge is 0.496 e. The second kappa shape index (κ2) is 8.18.